The number of halogens is 1. The van der Waals surface area contributed by atoms with Crippen molar-refractivity contribution in [2.24, 2.45) is 0 Å². The van der Waals surface area contributed by atoms with Crippen LogP contribution in [0.2, 0.25) is 0 Å². The smallest absolute Gasteiger partial charge is 0.175 e. The fourth-order valence-corrected chi connectivity index (χ4v) is 3.59. The summed E-state index contributed by atoms with van der Waals surface area (Å²) >= 11 is 3.64. The number of nitrogens with one attached hydrogen (secondary N) is 1. The molecule has 4 nitrogen and oxygen atoms in total. The maximum atomic E-state index is 6.04. The monoisotopic (exact) mass is 434 g/mol. The summed E-state index contributed by atoms with van der Waals surface area (Å²) in [4.78, 5) is 2.41. The van der Waals surface area contributed by atoms with Gasteiger partial charge >= 0.3 is 0 Å². The van der Waals surface area contributed by atoms with Crippen LogP contribution in [0.15, 0.2) is 40.9 Å². The predicted octanol–water partition coefficient (Wildman–Crippen LogP) is 4.78. The fraction of sp³-hybridized carbons (Fsp3) is 0.455. The third-order valence-corrected chi connectivity index (χ3v) is 5.17. The third kappa shape index (κ3) is 6.83. The summed E-state index contributed by atoms with van der Waals surface area (Å²) in [6, 6.07) is 12.5. The van der Waals surface area contributed by atoms with Crippen molar-refractivity contribution in [1.29, 1.82) is 0 Å². The Labute approximate surface area is 172 Å². The molecule has 0 radical (unpaired) electrons. The summed E-state index contributed by atoms with van der Waals surface area (Å²) < 4.78 is 12.5. The lowest BCUT2D eigenvalue weighted by molar-refractivity contribution is 0.282. The van der Waals surface area contributed by atoms with Crippen LogP contribution in [-0.2, 0) is 13.2 Å². The van der Waals surface area contributed by atoms with Gasteiger partial charge in [-0.2, -0.15) is 0 Å². The Morgan fingerprint density at radius 1 is 1.07 bits per heavy atom. The second kappa shape index (κ2) is 11.3. The van der Waals surface area contributed by atoms with Crippen molar-refractivity contribution in [2.75, 3.05) is 33.3 Å². The minimum atomic E-state index is 0.512. The van der Waals surface area contributed by atoms with Gasteiger partial charge in [-0.3, -0.25) is 0 Å². The number of aryl methyl sites for hydroxylation is 1. The summed E-state index contributed by atoms with van der Waals surface area (Å²) in [5, 5.41) is 3.50. The van der Waals surface area contributed by atoms with E-state index in [2.05, 4.69) is 71.2 Å². The van der Waals surface area contributed by atoms with E-state index < -0.39 is 0 Å². The Balaban J connectivity index is 1.97. The number of methoxy groups -OCH3 is 1. The molecule has 0 spiro atoms. The largest absolute Gasteiger partial charge is 0.493 e. The van der Waals surface area contributed by atoms with Gasteiger partial charge in [-0.25, -0.2) is 0 Å². The average molecular weight is 435 g/mol. The van der Waals surface area contributed by atoms with E-state index in [9.17, 15) is 0 Å². The number of hydrogen-bond acceptors (Lipinski definition) is 4. The second-order valence-corrected chi connectivity index (χ2v) is 7.44. The molecule has 0 unspecified atom stereocenters. The van der Waals surface area contributed by atoms with Crippen LogP contribution in [0.4, 0.5) is 0 Å². The Hall–Kier alpha value is -1.56. The van der Waals surface area contributed by atoms with Crippen LogP contribution < -0.4 is 14.8 Å². The lowest BCUT2D eigenvalue weighted by Gasteiger charge is -2.18. The molecule has 0 amide bonds. The Bertz CT molecular complexity index is 717. The number of ether oxygens (including phenoxy) is 2. The number of hydrogen-bond donors (Lipinski definition) is 1. The van der Waals surface area contributed by atoms with Gasteiger partial charge in [-0.05, 0) is 59.2 Å². The van der Waals surface area contributed by atoms with Gasteiger partial charge in [0.2, 0.25) is 0 Å². The highest BCUT2D eigenvalue weighted by Gasteiger charge is 2.12. The van der Waals surface area contributed by atoms with Crippen LogP contribution in [-0.4, -0.2) is 38.2 Å². The van der Waals surface area contributed by atoms with Crippen molar-refractivity contribution in [3.63, 3.8) is 0 Å². The third-order valence-electron chi connectivity index (χ3n) is 4.58. The highest BCUT2D eigenvalue weighted by molar-refractivity contribution is 9.10. The van der Waals surface area contributed by atoms with Crippen molar-refractivity contribution in [3.8, 4) is 11.5 Å². The minimum absolute atomic E-state index is 0.512. The zero-order valence-electron chi connectivity index (χ0n) is 16.8. The topological polar surface area (TPSA) is 33.7 Å². The zero-order valence-corrected chi connectivity index (χ0v) is 18.4. The number of nitrogens with zero attached hydrogens (tertiary/aromatic N) is 1. The first-order chi connectivity index (χ1) is 13.1. The molecule has 27 heavy (non-hydrogen) atoms. The average Bonchev–Trinajstić information content (AvgIpc) is 2.67. The van der Waals surface area contributed by atoms with Crippen molar-refractivity contribution in [1.82, 2.24) is 10.2 Å². The lowest BCUT2D eigenvalue weighted by Crippen LogP contribution is -2.31. The van der Waals surface area contributed by atoms with E-state index in [1.807, 2.05) is 12.1 Å². The van der Waals surface area contributed by atoms with Gasteiger partial charge in [-0.1, -0.05) is 43.7 Å². The van der Waals surface area contributed by atoms with Crippen LogP contribution in [0, 0.1) is 6.92 Å². The maximum absolute atomic E-state index is 6.04. The molecule has 2 aromatic carbocycles. The van der Waals surface area contributed by atoms with Crippen LogP contribution in [0.5, 0.6) is 11.5 Å². The predicted molar refractivity (Wildman–Crippen MR) is 116 cm³/mol. The SMILES string of the molecule is CCN(CC)CCNCc1cc(Br)c(OCc2cccc(C)c2)c(OC)c1. The molecular weight excluding hydrogens is 404 g/mol. The molecule has 1 N–H and O–H groups in total. The van der Waals surface area contributed by atoms with E-state index in [-0.39, 0.29) is 0 Å². The van der Waals surface area contributed by atoms with Crippen LogP contribution in [0.3, 0.4) is 0 Å². The first-order valence-corrected chi connectivity index (χ1v) is 10.3. The van der Waals surface area contributed by atoms with Crippen molar-refractivity contribution in [3.05, 3.63) is 57.6 Å². The quantitative estimate of drug-likeness (QED) is 0.516. The van der Waals surface area contributed by atoms with Gasteiger partial charge in [0.25, 0.3) is 0 Å². The Morgan fingerprint density at radius 2 is 1.85 bits per heavy atom. The summed E-state index contributed by atoms with van der Waals surface area (Å²) in [5.41, 5.74) is 3.54. The van der Waals surface area contributed by atoms with Crippen LogP contribution in [0.1, 0.15) is 30.5 Å². The van der Waals surface area contributed by atoms with E-state index >= 15 is 0 Å². The molecule has 2 aromatic rings. The van der Waals surface area contributed by atoms with Gasteiger partial charge in [0.05, 0.1) is 11.6 Å². The van der Waals surface area contributed by atoms with E-state index in [1.165, 1.54) is 11.1 Å². The molecule has 2 rings (SSSR count). The summed E-state index contributed by atoms with van der Waals surface area (Å²) in [7, 11) is 1.68. The maximum Gasteiger partial charge on any atom is 0.175 e. The number of benzene rings is 2. The van der Waals surface area contributed by atoms with Crippen molar-refractivity contribution >= 4 is 15.9 Å². The molecule has 0 aliphatic carbocycles. The summed E-state index contributed by atoms with van der Waals surface area (Å²) in [5.74, 6) is 1.49. The molecule has 148 valence electrons. The molecule has 0 aromatic heterocycles. The molecule has 5 heteroatoms. The first-order valence-electron chi connectivity index (χ1n) is 9.55. The van der Waals surface area contributed by atoms with E-state index in [0.717, 1.165) is 54.3 Å². The number of rotatable bonds is 11. The van der Waals surface area contributed by atoms with Gasteiger partial charge in [0, 0.05) is 19.6 Å². The first kappa shape index (κ1) is 21.7. The molecule has 0 bridgehead atoms. The van der Waals surface area contributed by atoms with Gasteiger partial charge < -0.3 is 19.7 Å². The van der Waals surface area contributed by atoms with Gasteiger partial charge in [0.15, 0.2) is 11.5 Å². The highest BCUT2D eigenvalue weighted by Crippen LogP contribution is 2.37. The van der Waals surface area contributed by atoms with Crippen molar-refractivity contribution in [2.45, 2.75) is 33.9 Å². The molecule has 0 heterocycles. The molecular formula is C22H31BrN2O2. The van der Waals surface area contributed by atoms with Crippen LogP contribution in [0.25, 0.3) is 0 Å². The molecule has 0 fully saturated rings. The van der Waals surface area contributed by atoms with Crippen LogP contribution >= 0.6 is 15.9 Å². The zero-order chi connectivity index (χ0) is 19.6. The molecule has 0 saturated carbocycles. The molecule has 0 saturated heterocycles. The van der Waals surface area contributed by atoms with Gasteiger partial charge in [-0.15, -0.1) is 0 Å². The summed E-state index contributed by atoms with van der Waals surface area (Å²) in [6.45, 7) is 12.0. The van der Waals surface area contributed by atoms with E-state index in [4.69, 9.17) is 9.47 Å². The minimum Gasteiger partial charge on any atom is -0.493 e. The van der Waals surface area contributed by atoms with E-state index in [0.29, 0.717) is 6.61 Å². The Morgan fingerprint density at radius 3 is 2.52 bits per heavy atom. The Kier molecular flexibility index (Phi) is 9.11. The van der Waals surface area contributed by atoms with E-state index in [1.54, 1.807) is 7.11 Å². The normalized spacial score (nSPS) is 11.0. The molecule has 0 aliphatic rings. The van der Waals surface area contributed by atoms with Crippen molar-refractivity contribution < 1.29 is 9.47 Å². The molecule has 0 aliphatic heterocycles. The number of likely N-dealkylation sites (N-methyl/N-ethyl adjacent to an activating group) is 1. The second-order valence-electron chi connectivity index (χ2n) is 6.59. The van der Waals surface area contributed by atoms with Gasteiger partial charge in [0.1, 0.15) is 6.61 Å². The molecule has 0 atom stereocenters. The lowest BCUT2D eigenvalue weighted by atomic mass is 10.1. The highest BCUT2D eigenvalue weighted by atomic mass is 79.9. The summed E-state index contributed by atoms with van der Waals surface area (Å²) in [6.07, 6.45) is 0. The standard InChI is InChI=1S/C22H31BrN2O2/c1-5-25(6-2)11-10-24-15-19-13-20(23)22(21(14-19)26-4)27-16-18-9-7-8-17(3)12-18/h7-9,12-14,24H,5-6,10-11,15-16H2,1-4H3. The fourth-order valence-electron chi connectivity index (χ4n) is 2.98.